The molecule has 3 rings (SSSR count). The molecule has 1 aromatic carbocycles. The fraction of sp³-hybridized carbons (Fsp3) is 0.625. The quantitative estimate of drug-likeness (QED) is 0.886. The number of ether oxygens (including phenoxy) is 2. The van der Waals surface area contributed by atoms with Gasteiger partial charge in [0.25, 0.3) is 0 Å². The summed E-state index contributed by atoms with van der Waals surface area (Å²) in [6, 6.07) is 7.18. The Morgan fingerprint density at radius 3 is 3.00 bits per heavy atom. The Balaban J connectivity index is 1.72. The Kier molecular flexibility index (Phi) is 4.24. The summed E-state index contributed by atoms with van der Waals surface area (Å²) in [5.74, 6) is 1.77. The lowest BCUT2D eigenvalue weighted by molar-refractivity contribution is 0.181. The van der Waals surface area contributed by atoms with Crippen molar-refractivity contribution in [2.24, 2.45) is 5.92 Å². The molecule has 0 amide bonds. The normalized spacial score (nSPS) is 25.9. The minimum atomic E-state index is 0.602. The highest BCUT2D eigenvalue weighted by molar-refractivity contribution is 5.37. The summed E-state index contributed by atoms with van der Waals surface area (Å²) >= 11 is 0. The maximum Gasteiger partial charge on any atom is 0.124 e. The molecule has 0 spiro atoms. The minimum Gasteiger partial charge on any atom is -0.496 e. The number of hydrogen-bond acceptors (Lipinski definition) is 4. The van der Waals surface area contributed by atoms with Crippen molar-refractivity contribution in [3.63, 3.8) is 0 Å². The predicted molar refractivity (Wildman–Crippen MR) is 78.9 cm³/mol. The van der Waals surface area contributed by atoms with Crippen LogP contribution in [0.4, 0.5) is 0 Å². The highest BCUT2D eigenvalue weighted by atomic mass is 16.5. The van der Waals surface area contributed by atoms with Gasteiger partial charge in [0, 0.05) is 31.8 Å². The number of rotatable bonds is 5. The molecule has 2 fully saturated rings. The SMILES string of the molecule is COCc1cc(CN2CC[C@@H]3CNC[C@@H]32)ccc1OC. The first-order valence-electron chi connectivity index (χ1n) is 7.41. The van der Waals surface area contributed by atoms with Crippen molar-refractivity contribution in [3.05, 3.63) is 29.3 Å². The van der Waals surface area contributed by atoms with Crippen molar-refractivity contribution in [2.75, 3.05) is 33.9 Å². The lowest BCUT2D eigenvalue weighted by Gasteiger charge is -2.23. The molecule has 2 atom stereocenters. The molecule has 4 heteroatoms. The fourth-order valence-electron chi connectivity index (χ4n) is 3.57. The van der Waals surface area contributed by atoms with Crippen LogP contribution in [-0.4, -0.2) is 44.8 Å². The van der Waals surface area contributed by atoms with E-state index in [2.05, 4.69) is 28.4 Å². The highest BCUT2D eigenvalue weighted by Crippen LogP contribution is 2.29. The van der Waals surface area contributed by atoms with Gasteiger partial charge in [-0.05, 0) is 43.1 Å². The van der Waals surface area contributed by atoms with E-state index in [-0.39, 0.29) is 0 Å². The minimum absolute atomic E-state index is 0.602. The molecule has 1 N–H and O–H groups in total. The molecule has 0 unspecified atom stereocenters. The second-order valence-corrected chi connectivity index (χ2v) is 5.82. The number of fused-ring (bicyclic) bond motifs is 1. The molecule has 2 aliphatic heterocycles. The molecule has 0 saturated carbocycles. The number of likely N-dealkylation sites (tertiary alicyclic amines) is 1. The number of nitrogens with one attached hydrogen (secondary N) is 1. The summed E-state index contributed by atoms with van der Waals surface area (Å²) in [6.07, 6.45) is 1.33. The molecule has 2 heterocycles. The molecule has 110 valence electrons. The first kappa shape index (κ1) is 13.9. The third kappa shape index (κ3) is 2.68. The zero-order chi connectivity index (χ0) is 13.9. The number of benzene rings is 1. The van der Waals surface area contributed by atoms with Crippen molar-refractivity contribution in [1.29, 1.82) is 0 Å². The van der Waals surface area contributed by atoms with Crippen LogP contribution in [0.15, 0.2) is 18.2 Å². The van der Waals surface area contributed by atoms with Crippen LogP contribution >= 0.6 is 0 Å². The zero-order valence-electron chi connectivity index (χ0n) is 12.4. The highest BCUT2D eigenvalue weighted by Gasteiger charge is 2.37. The summed E-state index contributed by atoms with van der Waals surface area (Å²) in [5.41, 5.74) is 2.48. The zero-order valence-corrected chi connectivity index (χ0v) is 12.4. The second kappa shape index (κ2) is 6.12. The Morgan fingerprint density at radius 1 is 1.30 bits per heavy atom. The van der Waals surface area contributed by atoms with Gasteiger partial charge in [-0.25, -0.2) is 0 Å². The predicted octanol–water partition coefficient (Wildman–Crippen LogP) is 1.64. The van der Waals surface area contributed by atoms with Crippen LogP contribution in [0.5, 0.6) is 5.75 Å². The lowest BCUT2D eigenvalue weighted by Crippen LogP contribution is -2.33. The number of hydrogen-bond donors (Lipinski definition) is 1. The molecule has 20 heavy (non-hydrogen) atoms. The van der Waals surface area contributed by atoms with E-state index in [4.69, 9.17) is 9.47 Å². The molecular weight excluding hydrogens is 252 g/mol. The van der Waals surface area contributed by atoms with E-state index < -0.39 is 0 Å². The first-order chi connectivity index (χ1) is 9.81. The van der Waals surface area contributed by atoms with Crippen molar-refractivity contribution in [2.45, 2.75) is 25.6 Å². The van der Waals surface area contributed by atoms with E-state index in [9.17, 15) is 0 Å². The largest absolute Gasteiger partial charge is 0.496 e. The van der Waals surface area contributed by atoms with Gasteiger partial charge >= 0.3 is 0 Å². The van der Waals surface area contributed by atoms with Gasteiger partial charge in [0.05, 0.1) is 13.7 Å². The van der Waals surface area contributed by atoms with Gasteiger partial charge in [0.15, 0.2) is 0 Å². The van der Waals surface area contributed by atoms with Crippen molar-refractivity contribution < 1.29 is 9.47 Å². The van der Waals surface area contributed by atoms with E-state index in [1.54, 1.807) is 14.2 Å². The van der Waals surface area contributed by atoms with Crippen LogP contribution in [-0.2, 0) is 17.9 Å². The average molecular weight is 276 g/mol. The van der Waals surface area contributed by atoms with Gasteiger partial charge in [-0.3, -0.25) is 4.90 Å². The van der Waals surface area contributed by atoms with E-state index in [0.717, 1.165) is 36.4 Å². The van der Waals surface area contributed by atoms with Crippen molar-refractivity contribution in [3.8, 4) is 5.75 Å². The van der Waals surface area contributed by atoms with E-state index in [1.807, 2.05) is 0 Å². The fourth-order valence-corrected chi connectivity index (χ4v) is 3.57. The van der Waals surface area contributed by atoms with Gasteiger partial charge in [-0.2, -0.15) is 0 Å². The summed E-state index contributed by atoms with van der Waals surface area (Å²) in [5, 5.41) is 3.51. The van der Waals surface area contributed by atoms with Gasteiger partial charge < -0.3 is 14.8 Å². The molecule has 2 saturated heterocycles. The molecule has 4 nitrogen and oxygen atoms in total. The Hall–Kier alpha value is -1.10. The topological polar surface area (TPSA) is 33.7 Å². The smallest absolute Gasteiger partial charge is 0.124 e. The number of methoxy groups -OCH3 is 2. The average Bonchev–Trinajstić information content (AvgIpc) is 3.05. The number of nitrogens with zero attached hydrogens (tertiary/aromatic N) is 1. The van der Waals surface area contributed by atoms with E-state index in [0.29, 0.717) is 6.61 Å². The van der Waals surface area contributed by atoms with Crippen LogP contribution < -0.4 is 10.1 Å². The van der Waals surface area contributed by atoms with E-state index in [1.165, 1.54) is 25.1 Å². The van der Waals surface area contributed by atoms with Crippen LogP contribution in [0.1, 0.15) is 17.5 Å². The molecule has 0 bridgehead atoms. The molecular formula is C16H24N2O2. The molecule has 0 aliphatic carbocycles. The van der Waals surface area contributed by atoms with Gasteiger partial charge in [-0.1, -0.05) is 6.07 Å². The van der Waals surface area contributed by atoms with Crippen molar-refractivity contribution >= 4 is 0 Å². The summed E-state index contributed by atoms with van der Waals surface area (Å²) in [6.45, 7) is 5.20. The molecule has 2 aliphatic rings. The van der Waals surface area contributed by atoms with Crippen molar-refractivity contribution in [1.82, 2.24) is 10.2 Å². The lowest BCUT2D eigenvalue weighted by atomic mass is 10.0. The maximum atomic E-state index is 5.39. The molecule has 0 aromatic heterocycles. The van der Waals surface area contributed by atoms with E-state index >= 15 is 0 Å². The third-order valence-electron chi connectivity index (χ3n) is 4.59. The third-order valence-corrected chi connectivity index (χ3v) is 4.59. The van der Waals surface area contributed by atoms with Gasteiger partial charge in [-0.15, -0.1) is 0 Å². The van der Waals surface area contributed by atoms with Crippen LogP contribution in [0.25, 0.3) is 0 Å². The monoisotopic (exact) mass is 276 g/mol. The second-order valence-electron chi connectivity index (χ2n) is 5.82. The first-order valence-corrected chi connectivity index (χ1v) is 7.41. The Labute approximate surface area is 121 Å². The van der Waals surface area contributed by atoms with Crippen LogP contribution in [0, 0.1) is 5.92 Å². The Morgan fingerprint density at radius 2 is 2.20 bits per heavy atom. The Bertz CT molecular complexity index is 464. The molecule has 1 aromatic rings. The van der Waals surface area contributed by atoms with Crippen LogP contribution in [0.2, 0.25) is 0 Å². The van der Waals surface area contributed by atoms with Gasteiger partial charge in [0.1, 0.15) is 5.75 Å². The molecule has 0 radical (unpaired) electrons. The summed E-state index contributed by atoms with van der Waals surface area (Å²) in [4.78, 5) is 2.61. The summed E-state index contributed by atoms with van der Waals surface area (Å²) < 4.78 is 10.6. The standard InChI is InChI=1S/C16H24N2O2/c1-19-11-14-7-12(3-4-16(14)20-2)10-18-6-5-13-8-17-9-15(13)18/h3-4,7,13,15,17H,5-6,8-11H2,1-2H3/t13-,15+/m1/s1. The summed E-state index contributed by atoms with van der Waals surface area (Å²) in [7, 11) is 3.44. The van der Waals surface area contributed by atoms with Crippen LogP contribution in [0.3, 0.4) is 0 Å². The maximum absolute atomic E-state index is 5.39. The van der Waals surface area contributed by atoms with Gasteiger partial charge in [0.2, 0.25) is 0 Å².